The smallest absolute Gasteiger partial charge is 0.254 e. The number of carbonyl (C=O) groups is 1. The quantitative estimate of drug-likeness (QED) is 0.501. The van der Waals surface area contributed by atoms with Crippen molar-refractivity contribution in [3.63, 3.8) is 0 Å². The summed E-state index contributed by atoms with van der Waals surface area (Å²) in [6.45, 7) is 0.492. The SMILES string of the molecule is O=C(c1cccc(F)c1)N1CCc2c([nH]c3ccccc23)[C@H]1c1ccc(F)cc1. The molecule has 5 heteroatoms. The topological polar surface area (TPSA) is 36.1 Å². The Morgan fingerprint density at radius 2 is 1.72 bits per heavy atom. The second kappa shape index (κ2) is 6.85. The predicted octanol–water partition coefficient (Wildman–Crippen LogP) is 5.23. The van der Waals surface area contributed by atoms with Gasteiger partial charge in [-0.25, -0.2) is 8.78 Å². The maximum absolute atomic E-state index is 13.7. The van der Waals surface area contributed by atoms with Gasteiger partial charge in [0, 0.05) is 28.7 Å². The minimum Gasteiger partial charge on any atom is -0.356 e. The van der Waals surface area contributed by atoms with E-state index in [0.29, 0.717) is 18.5 Å². The fourth-order valence-electron chi connectivity index (χ4n) is 4.24. The summed E-state index contributed by atoms with van der Waals surface area (Å²) in [6, 6.07) is 19.6. The molecule has 4 aromatic rings. The van der Waals surface area contributed by atoms with Crippen LogP contribution in [0.4, 0.5) is 8.78 Å². The Balaban J connectivity index is 1.66. The fourth-order valence-corrected chi connectivity index (χ4v) is 4.24. The number of H-pyrrole nitrogens is 1. The third-order valence-electron chi connectivity index (χ3n) is 5.55. The second-order valence-electron chi connectivity index (χ2n) is 7.28. The van der Waals surface area contributed by atoms with Crippen LogP contribution < -0.4 is 0 Å². The van der Waals surface area contributed by atoms with Gasteiger partial charge in [-0.2, -0.15) is 0 Å². The standard InChI is InChI=1S/C24H18F2N2O/c25-17-10-8-15(9-11-17)23-22-20(19-6-1-2-7-21(19)27-22)12-13-28(23)24(29)16-4-3-5-18(26)14-16/h1-11,14,23,27H,12-13H2/t23-/m1/s1. The van der Waals surface area contributed by atoms with E-state index in [9.17, 15) is 13.6 Å². The van der Waals surface area contributed by atoms with Crippen LogP contribution in [0.25, 0.3) is 10.9 Å². The molecular formula is C24H18F2N2O. The van der Waals surface area contributed by atoms with Gasteiger partial charge in [-0.3, -0.25) is 4.79 Å². The van der Waals surface area contributed by atoms with E-state index in [1.807, 2.05) is 18.2 Å². The second-order valence-corrected chi connectivity index (χ2v) is 7.28. The molecule has 29 heavy (non-hydrogen) atoms. The molecular weight excluding hydrogens is 370 g/mol. The number of rotatable bonds is 2. The number of hydrogen-bond donors (Lipinski definition) is 1. The number of nitrogens with one attached hydrogen (secondary N) is 1. The lowest BCUT2D eigenvalue weighted by atomic mass is 9.91. The Morgan fingerprint density at radius 3 is 2.52 bits per heavy atom. The molecule has 0 saturated heterocycles. The summed E-state index contributed by atoms with van der Waals surface area (Å²) in [7, 11) is 0. The molecule has 2 heterocycles. The molecule has 0 aliphatic carbocycles. The highest BCUT2D eigenvalue weighted by atomic mass is 19.1. The molecule has 3 nitrogen and oxygen atoms in total. The third-order valence-corrected chi connectivity index (χ3v) is 5.55. The molecule has 1 amide bonds. The Bertz CT molecular complexity index is 1210. The van der Waals surface area contributed by atoms with Gasteiger partial charge in [-0.1, -0.05) is 36.4 Å². The summed E-state index contributed by atoms with van der Waals surface area (Å²) < 4.78 is 27.3. The first-order valence-electron chi connectivity index (χ1n) is 9.53. The van der Waals surface area contributed by atoms with Crippen molar-refractivity contribution in [2.24, 2.45) is 0 Å². The fraction of sp³-hybridized carbons (Fsp3) is 0.125. The van der Waals surface area contributed by atoms with Gasteiger partial charge in [-0.15, -0.1) is 0 Å². The molecule has 3 aromatic carbocycles. The molecule has 1 N–H and O–H groups in total. The highest BCUT2D eigenvalue weighted by Crippen LogP contribution is 2.39. The molecule has 5 rings (SSSR count). The molecule has 0 radical (unpaired) electrons. The first-order chi connectivity index (χ1) is 14.1. The van der Waals surface area contributed by atoms with E-state index >= 15 is 0 Å². The average Bonchev–Trinajstić information content (AvgIpc) is 3.12. The minimum atomic E-state index is -0.447. The highest BCUT2D eigenvalue weighted by Gasteiger charge is 2.35. The number of nitrogens with zero attached hydrogens (tertiary/aromatic N) is 1. The largest absolute Gasteiger partial charge is 0.356 e. The lowest BCUT2D eigenvalue weighted by molar-refractivity contribution is 0.0691. The lowest BCUT2D eigenvalue weighted by Gasteiger charge is -2.36. The minimum absolute atomic E-state index is 0.247. The van der Waals surface area contributed by atoms with Crippen LogP contribution >= 0.6 is 0 Å². The zero-order valence-electron chi connectivity index (χ0n) is 15.5. The van der Waals surface area contributed by atoms with E-state index in [1.54, 1.807) is 23.1 Å². The van der Waals surface area contributed by atoms with Crippen LogP contribution in [-0.2, 0) is 6.42 Å². The Labute approximate surface area is 166 Å². The summed E-state index contributed by atoms with van der Waals surface area (Å²) in [5.41, 5.74) is 4.21. The van der Waals surface area contributed by atoms with Crippen molar-refractivity contribution in [1.82, 2.24) is 9.88 Å². The van der Waals surface area contributed by atoms with E-state index in [1.165, 1.54) is 35.9 Å². The number of halogens is 2. The van der Waals surface area contributed by atoms with Crippen molar-refractivity contribution >= 4 is 16.8 Å². The predicted molar refractivity (Wildman–Crippen MR) is 108 cm³/mol. The van der Waals surface area contributed by atoms with Gasteiger partial charge in [-0.05, 0) is 53.9 Å². The van der Waals surface area contributed by atoms with Crippen LogP contribution in [0, 0.1) is 11.6 Å². The third kappa shape index (κ3) is 2.99. The molecule has 0 saturated carbocycles. The summed E-state index contributed by atoms with van der Waals surface area (Å²) in [5, 5.41) is 1.13. The number of carbonyl (C=O) groups excluding carboxylic acids is 1. The summed E-state index contributed by atoms with van der Waals surface area (Å²) in [4.78, 5) is 18.5. The Hall–Kier alpha value is -3.47. The summed E-state index contributed by atoms with van der Waals surface area (Å²) in [6.07, 6.45) is 0.693. The molecule has 1 atom stereocenters. The number of hydrogen-bond acceptors (Lipinski definition) is 1. The Morgan fingerprint density at radius 1 is 0.931 bits per heavy atom. The first-order valence-corrected chi connectivity index (χ1v) is 9.53. The van der Waals surface area contributed by atoms with Crippen molar-refractivity contribution in [1.29, 1.82) is 0 Å². The van der Waals surface area contributed by atoms with Crippen LogP contribution in [0.5, 0.6) is 0 Å². The molecule has 0 unspecified atom stereocenters. The monoisotopic (exact) mass is 388 g/mol. The van der Waals surface area contributed by atoms with Crippen molar-refractivity contribution in [2.75, 3.05) is 6.54 Å². The number of para-hydroxylation sites is 1. The molecule has 0 bridgehead atoms. The van der Waals surface area contributed by atoms with Crippen molar-refractivity contribution in [3.05, 3.63) is 107 Å². The maximum Gasteiger partial charge on any atom is 0.254 e. The molecule has 0 fully saturated rings. The lowest BCUT2D eigenvalue weighted by Crippen LogP contribution is -2.40. The van der Waals surface area contributed by atoms with Gasteiger partial charge in [0.2, 0.25) is 0 Å². The van der Waals surface area contributed by atoms with Crippen LogP contribution in [0.2, 0.25) is 0 Å². The summed E-state index contributed by atoms with van der Waals surface area (Å²) in [5.74, 6) is -1.02. The zero-order chi connectivity index (χ0) is 20.0. The number of aromatic amines is 1. The number of aromatic nitrogens is 1. The van der Waals surface area contributed by atoms with Crippen LogP contribution in [0.15, 0.2) is 72.8 Å². The van der Waals surface area contributed by atoms with Crippen molar-refractivity contribution < 1.29 is 13.6 Å². The van der Waals surface area contributed by atoms with Crippen LogP contribution in [0.1, 0.15) is 33.2 Å². The van der Waals surface area contributed by atoms with Gasteiger partial charge < -0.3 is 9.88 Å². The summed E-state index contributed by atoms with van der Waals surface area (Å²) >= 11 is 0. The van der Waals surface area contributed by atoms with E-state index in [0.717, 1.165) is 22.2 Å². The number of fused-ring (bicyclic) bond motifs is 3. The van der Waals surface area contributed by atoms with Crippen molar-refractivity contribution in [3.8, 4) is 0 Å². The molecule has 0 spiro atoms. The van der Waals surface area contributed by atoms with Gasteiger partial charge in [0.1, 0.15) is 11.6 Å². The van der Waals surface area contributed by atoms with Crippen LogP contribution in [0.3, 0.4) is 0 Å². The normalized spacial score (nSPS) is 16.1. The molecule has 1 aliphatic heterocycles. The maximum atomic E-state index is 13.7. The van der Waals surface area contributed by atoms with E-state index in [2.05, 4.69) is 11.1 Å². The zero-order valence-corrected chi connectivity index (χ0v) is 15.5. The molecule has 1 aromatic heterocycles. The number of amides is 1. The number of benzene rings is 3. The van der Waals surface area contributed by atoms with E-state index < -0.39 is 11.9 Å². The van der Waals surface area contributed by atoms with Gasteiger partial charge in [0.25, 0.3) is 5.91 Å². The average molecular weight is 388 g/mol. The highest BCUT2D eigenvalue weighted by molar-refractivity contribution is 5.95. The molecule has 144 valence electrons. The van der Waals surface area contributed by atoms with Gasteiger partial charge in [0.05, 0.1) is 6.04 Å². The van der Waals surface area contributed by atoms with Gasteiger partial charge >= 0.3 is 0 Å². The molecule has 1 aliphatic rings. The van der Waals surface area contributed by atoms with E-state index in [-0.39, 0.29) is 11.7 Å². The van der Waals surface area contributed by atoms with Crippen LogP contribution in [-0.4, -0.2) is 22.3 Å². The Kier molecular flexibility index (Phi) is 4.16. The van der Waals surface area contributed by atoms with Crippen molar-refractivity contribution in [2.45, 2.75) is 12.5 Å². The van der Waals surface area contributed by atoms with Gasteiger partial charge in [0.15, 0.2) is 0 Å². The first kappa shape index (κ1) is 17.6. The van der Waals surface area contributed by atoms with E-state index in [4.69, 9.17) is 0 Å².